The average molecular weight is 363 g/mol. The number of thiazole rings is 1. The molecule has 1 aliphatic rings. The Kier molecular flexibility index (Phi) is 4.21. The Morgan fingerprint density at radius 2 is 1.68 bits per heavy atom. The second-order valence-corrected chi connectivity index (χ2v) is 6.80. The number of nitrogens with zero attached hydrogens (tertiary/aromatic N) is 3. The fraction of sp³-hybridized carbons (Fsp3) is 0. The molecule has 0 saturated carbocycles. The molecule has 6 heteroatoms. The summed E-state index contributed by atoms with van der Waals surface area (Å²) < 4.78 is 1.60. The van der Waals surface area contributed by atoms with Crippen LogP contribution < -0.4 is 4.87 Å². The van der Waals surface area contributed by atoms with Gasteiger partial charge in [-0.3, -0.25) is 9.36 Å². The Morgan fingerprint density at radius 3 is 2.40 bits per heavy atom. The van der Waals surface area contributed by atoms with Gasteiger partial charge in [-0.2, -0.15) is 5.10 Å². The van der Waals surface area contributed by atoms with E-state index in [2.05, 4.69) is 22.8 Å². The number of hydrogen-bond donors (Lipinski definition) is 1. The molecule has 0 saturated heterocycles. The summed E-state index contributed by atoms with van der Waals surface area (Å²) in [5.41, 5.74) is 3.45. The maximum absolute atomic E-state index is 12.4. The number of rotatable bonds is 3. The molecule has 0 unspecified atom stereocenters. The van der Waals surface area contributed by atoms with E-state index in [0.717, 1.165) is 38.7 Å². The van der Waals surface area contributed by atoms with E-state index in [9.17, 15) is 4.79 Å². The summed E-state index contributed by atoms with van der Waals surface area (Å²) in [7, 11) is 0. The normalized spacial score (nSPS) is 14.9. The van der Waals surface area contributed by atoms with Crippen molar-refractivity contribution >= 4 is 42.0 Å². The van der Waals surface area contributed by atoms with E-state index in [4.69, 9.17) is 0 Å². The average Bonchev–Trinajstić information content (AvgIpc) is 3.21. The highest BCUT2D eigenvalue weighted by molar-refractivity contribution is 7.80. The number of hydrogen-bond acceptors (Lipinski definition) is 5. The zero-order valence-electron chi connectivity index (χ0n) is 13.0. The topological polar surface area (TPSA) is 46.7 Å². The van der Waals surface area contributed by atoms with Crippen molar-refractivity contribution < 1.29 is 0 Å². The largest absolute Gasteiger partial charge is 0.313 e. The molecule has 4 rings (SSSR count). The van der Waals surface area contributed by atoms with Gasteiger partial charge in [0.15, 0.2) is 0 Å². The number of aromatic nitrogens is 1. The van der Waals surface area contributed by atoms with Crippen LogP contribution in [0.15, 0.2) is 86.3 Å². The minimum atomic E-state index is -0.0730. The summed E-state index contributed by atoms with van der Waals surface area (Å²) >= 11 is 5.74. The standard InChI is InChI=1S/C19H13N3OS2/c23-19-22(15-9-5-2-6-10-15)18(24)16(25-19)11-14-12-20-21-17(14)13-7-3-1-4-8-13/h1-12,24H. The van der Waals surface area contributed by atoms with Gasteiger partial charge in [0, 0.05) is 11.1 Å². The first-order valence-corrected chi connectivity index (χ1v) is 8.89. The molecule has 25 heavy (non-hydrogen) atoms. The second-order valence-electron chi connectivity index (χ2n) is 5.39. The highest BCUT2D eigenvalue weighted by Crippen LogP contribution is 2.25. The third-order valence-electron chi connectivity index (χ3n) is 3.79. The van der Waals surface area contributed by atoms with Crippen LogP contribution in [0.4, 0.5) is 0 Å². The summed E-state index contributed by atoms with van der Waals surface area (Å²) in [6, 6.07) is 19.3. The first-order chi connectivity index (χ1) is 12.2. The first-order valence-electron chi connectivity index (χ1n) is 7.63. The van der Waals surface area contributed by atoms with Crippen molar-refractivity contribution in [1.29, 1.82) is 0 Å². The van der Waals surface area contributed by atoms with E-state index in [1.807, 2.05) is 66.7 Å². The molecule has 2 aromatic carbocycles. The van der Waals surface area contributed by atoms with E-state index < -0.39 is 0 Å². The van der Waals surface area contributed by atoms with E-state index in [1.165, 1.54) is 0 Å². The number of para-hydroxylation sites is 1. The van der Waals surface area contributed by atoms with Gasteiger partial charge < -0.3 is 0 Å². The third-order valence-corrected chi connectivity index (χ3v) is 5.27. The number of benzene rings is 2. The van der Waals surface area contributed by atoms with Crippen LogP contribution in [0.2, 0.25) is 0 Å². The summed E-state index contributed by atoms with van der Waals surface area (Å²) in [5, 5.41) is 8.85. The van der Waals surface area contributed by atoms with Crippen LogP contribution >= 0.6 is 24.0 Å². The van der Waals surface area contributed by atoms with Crippen LogP contribution in [-0.2, 0) is 0 Å². The Hall–Kier alpha value is -2.70. The summed E-state index contributed by atoms with van der Waals surface area (Å²) in [5.74, 6) is 0. The summed E-state index contributed by atoms with van der Waals surface area (Å²) in [6.45, 7) is 0. The lowest BCUT2D eigenvalue weighted by atomic mass is 10.0. The van der Waals surface area contributed by atoms with Crippen molar-refractivity contribution in [1.82, 2.24) is 4.57 Å². The Labute approximate surface area is 153 Å². The lowest BCUT2D eigenvalue weighted by molar-refractivity contribution is 0.924. The molecule has 0 fully saturated rings. The zero-order chi connectivity index (χ0) is 17.2. The van der Waals surface area contributed by atoms with Crippen molar-refractivity contribution in [2.75, 3.05) is 0 Å². The molecular formula is C19H13N3OS2. The predicted octanol–water partition coefficient (Wildman–Crippen LogP) is 4.06. The van der Waals surface area contributed by atoms with E-state index in [0.29, 0.717) is 5.03 Å². The third kappa shape index (κ3) is 3.01. The molecule has 0 N–H and O–H groups in total. The van der Waals surface area contributed by atoms with Crippen molar-refractivity contribution in [3.05, 3.63) is 86.3 Å². The molecule has 0 spiro atoms. The van der Waals surface area contributed by atoms with Crippen molar-refractivity contribution in [3.63, 3.8) is 0 Å². The molecule has 1 aromatic heterocycles. The zero-order valence-corrected chi connectivity index (χ0v) is 14.7. The second kappa shape index (κ2) is 6.66. The maximum Gasteiger partial charge on any atom is 0.313 e. The van der Waals surface area contributed by atoms with E-state index in [-0.39, 0.29) is 4.87 Å². The van der Waals surface area contributed by atoms with Gasteiger partial charge in [-0.15, -0.1) is 17.7 Å². The number of allylic oxidation sites excluding steroid dienone is 1. The molecule has 0 aliphatic carbocycles. The molecule has 1 aliphatic heterocycles. The Morgan fingerprint density at radius 1 is 1.00 bits per heavy atom. The van der Waals surface area contributed by atoms with Gasteiger partial charge in [-0.05, 0) is 18.2 Å². The quantitative estimate of drug-likeness (QED) is 0.701. The van der Waals surface area contributed by atoms with Crippen LogP contribution in [0.1, 0.15) is 10.4 Å². The van der Waals surface area contributed by atoms with Gasteiger partial charge in [-0.1, -0.05) is 59.9 Å². The van der Waals surface area contributed by atoms with Crippen LogP contribution in [0.25, 0.3) is 11.8 Å². The highest BCUT2D eigenvalue weighted by atomic mass is 32.1. The molecule has 0 bridgehead atoms. The SMILES string of the molecule is O=c1sc(C=C2C=NN=C2c2ccccc2)c(S)n1-c1ccccc1. The van der Waals surface area contributed by atoms with Gasteiger partial charge in [0.25, 0.3) is 0 Å². The van der Waals surface area contributed by atoms with Gasteiger partial charge in [-0.25, -0.2) is 0 Å². The van der Waals surface area contributed by atoms with Gasteiger partial charge >= 0.3 is 4.87 Å². The number of thiol groups is 1. The summed E-state index contributed by atoms with van der Waals surface area (Å²) in [6.07, 6.45) is 3.61. The van der Waals surface area contributed by atoms with Crippen LogP contribution in [0.3, 0.4) is 0 Å². The van der Waals surface area contributed by atoms with Gasteiger partial charge in [0.05, 0.1) is 21.8 Å². The van der Waals surface area contributed by atoms with Crippen molar-refractivity contribution in [2.24, 2.45) is 10.2 Å². The molecule has 0 atom stereocenters. The Bertz CT molecular complexity index is 1060. The first kappa shape index (κ1) is 15.8. The van der Waals surface area contributed by atoms with Gasteiger partial charge in [0.2, 0.25) is 0 Å². The molecule has 0 radical (unpaired) electrons. The lowest BCUT2D eigenvalue weighted by Gasteiger charge is -2.04. The predicted molar refractivity (Wildman–Crippen MR) is 107 cm³/mol. The van der Waals surface area contributed by atoms with Crippen molar-refractivity contribution in [2.45, 2.75) is 5.03 Å². The van der Waals surface area contributed by atoms with E-state index >= 15 is 0 Å². The van der Waals surface area contributed by atoms with Gasteiger partial charge in [0.1, 0.15) is 5.71 Å². The molecule has 0 amide bonds. The highest BCUT2D eigenvalue weighted by Gasteiger charge is 2.16. The minimum Gasteiger partial charge on any atom is -0.262 e. The van der Waals surface area contributed by atoms with Crippen LogP contribution in [0.5, 0.6) is 0 Å². The molecule has 122 valence electrons. The molecular weight excluding hydrogens is 350 g/mol. The maximum atomic E-state index is 12.4. The lowest BCUT2D eigenvalue weighted by Crippen LogP contribution is -2.10. The smallest absolute Gasteiger partial charge is 0.262 e. The Balaban J connectivity index is 1.77. The molecule has 3 aromatic rings. The summed E-state index contributed by atoms with van der Waals surface area (Å²) in [4.78, 5) is 13.1. The molecule has 4 nitrogen and oxygen atoms in total. The monoisotopic (exact) mass is 363 g/mol. The fourth-order valence-electron chi connectivity index (χ4n) is 2.62. The van der Waals surface area contributed by atoms with E-state index in [1.54, 1.807) is 10.8 Å². The fourth-order valence-corrected chi connectivity index (χ4v) is 3.94. The van der Waals surface area contributed by atoms with Crippen LogP contribution in [-0.4, -0.2) is 16.5 Å². The van der Waals surface area contributed by atoms with Crippen molar-refractivity contribution in [3.8, 4) is 5.69 Å². The molecule has 2 heterocycles. The van der Waals surface area contributed by atoms with Crippen LogP contribution in [0, 0.1) is 0 Å². The minimum absolute atomic E-state index is 0.0730.